The Morgan fingerprint density at radius 2 is 1.91 bits per heavy atom. The van der Waals surface area contributed by atoms with E-state index in [0.29, 0.717) is 0 Å². The fourth-order valence-electron chi connectivity index (χ4n) is 1.78. The first-order valence-corrected chi connectivity index (χ1v) is 6.82. The summed E-state index contributed by atoms with van der Waals surface area (Å²) in [5, 5.41) is 11.4. The zero-order valence-corrected chi connectivity index (χ0v) is 12.8. The standard InChI is InChI=1S/C13H21FN2O6/c1-12(2,3)22-11(20)16-7-13(8-16,9(17)18)15-10(19)21-6-4-5-14/h4-8H2,1-3H3,(H,15,19)(H,17,18). The molecule has 1 saturated heterocycles. The molecule has 9 heteroatoms. The predicted molar refractivity (Wildman–Crippen MR) is 73.2 cm³/mol. The Kier molecular flexibility index (Phi) is 5.56. The van der Waals surface area contributed by atoms with E-state index in [1.54, 1.807) is 20.8 Å². The molecule has 0 atom stereocenters. The SMILES string of the molecule is CC(C)(C)OC(=O)N1CC(NC(=O)OCCCF)(C(=O)O)C1. The van der Waals surface area contributed by atoms with E-state index in [1.807, 2.05) is 0 Å². The van der Waals surface area contributed by atoms with Gasteiger partial charge in [-0.1, -0.05) is 0 Å². The fraction of sp³-hybridized carbons (Fsp3) is 0.769. The summed E-state index contributed by atoms with van der Waals surface area (Å²) >= 11 is 0. The second kappa shape index (κ2) is 6.80. The average molecular weight is 320 g/mol. The molecule has 0 radical (unpaired) electrons. The molecule has 0 aliphatic carbocycles. The summed E-state index contributed by atoms with van der Waals surface area (Å²) in [4.78, 5) is 35.7. The van der Waals surface area contributed by atoms with E-state index in [9.17, 15) is 23.9 Å². The number of alkyl halides is 1. The molecule has 22 heavy (non-hydrogen) atoms. The van der Waals surface area contributed by atoms with Gasteiger partial charge in [0.15, 0.2) is 5.54 Å². The number of ether oxygens (including phenoxy) is 2. The minimum atomic E-state index is -1.61. The number of aliphatic carboxylic acids is 1. The zero-order chi connectivity index (χ0) is 17.0. The lowest BCUT2D eigenvalue weighted by atomic mass is 9.90. The predicted octanol–water partition coefficient (Wildman–Crippen LogP) is 1.15. The lowest BCUT2D eigenvalue weighted by molar-refractivity contribution is -0.151. The molecule has 0 saturated carbocycles. The number of carbonyl (C=O) groups is 3. The van der Waals surface area contributed by atoms with Gasteiger partial charge in [0, 0.05) is 6.42 Å². The largest absolute Gasteiger partial charge is 0.479 e. The number of nitrogens with one attached hydrogen (secondary N) is 1. The summed E-state index contributed by atoms with van der Waals surface area (Å²) in [6.07, 6.45) is -1.57. The van der Waals surface area contributed by atoms with E-state index in [1.165, 1.54) is 4.90 Å². The molecule has 0 bridgehead atoms. The maximum absolute atomic E-state index is 11.9. The third-order valence-corrected chi connectivity index (χ3v) is 2.84. The Labute approximate surface area is 127 Å². The van der Waals surface area contributed by atoms with Crippen LogP contribution in [0.3, 0.4) is 0 Å². The third-order valence-electron chi connectivity index (χ3n) is 2.84. The molecule has 0 spiro atoms. The number of alkyl carbamates (subject to hydrolysis) is 1. The fourth-order valence-corrected chi connectivity index (χ4v) is 1.78. The van der Waals surface area contributed by atoms with Crippen LogP contribution in [0.5, 0.6) is 0 Å². The molecule has 8 nitrogen and oxygen atoms in total. The van der Waals surface area contributed by atoms with Crippen LogP contribution in [0.2, 0.25) is 0 Å². The van der Waals surface area contributed by atoms with Crippen molar-refractivity contribution in [3.05, 3.63) is 0 Å². The van der Waals surface area contributed by atoms with Crippen LogP contribution in [0.25, 0.3) is 0 Å². The molecular weight excluding hydrogens is 299 g/mol. The first kappa shape index (κ1) is 18.0. The van der Waals surface area contributed by atoms with E-state index in [4.69, 9.17) is 4.74 Å². The van der Waals surface area contributed by atoms with Crippen LogP contribution in [-0.2, 0) is 14.3 Å². The molecule has 0 aromatic heterocycles. The van der Waals surface area contributed by atoms with Gasteiger partial charge in [0.2, 0.25) is 0 Å². The molecule has 1 aliphatic rings. The van der Waals surface area contributed by atoms with Gasteiger partial charge in [-0.05, 0) is 20.8 Å². The average Bonchev–Trinajstić information content (AvgIpc) is 2.30. The van der Waals surface area contributed by atoms with Crippen LogP contribution >= 0.6 is 0 Å². The lowest BCUT2D eigenvalue weighted by Crippen LogP contribution is -2.75. The quantitative estimate of drug-likeness (QED) is 0.736. The summed E-state index contributed by atoms with van der Waals surface area (Å²) in [7, 11) is 0. The monoisotopic (exact) mass is 320 g/mol. The van der Waals surface area contributed by atoms with E-state index in [2.05, 4.69) is 10.1 Å². The summed E-state index contributed by atoms with van der Waals surface area (Å²) in [5.41, 5.74) is -2.30. The number of nitrogens with zero attached hydrogens (tertiary/aromatic N) is 1. The first-order valence-electron chi connectivity index (χ1n) is 6.82. The van der Waals surface area contributed by atoms with E-state index >= 15 is 0 Å². The molecule has 0 aromatic carbocycles. The molecular formula is C13H21FN2O6. The summed E-state index contributed by atoms with van der Waals surface area (Å²) in [5.74, 6) is -1.28. The topological polar surface area (TPSA) is 105 Å². The first-order chi connectivity index (χ1) is 10.1. The van der Waals surface area contributed by atoms with Crippen molar-refractivity contribution in [2.75, 3.05) is 26.4 Å². The van der Waals surface area contributed by atoms with Crippen LogP contribution in [0, 0.1) is 0 Å². The highest BCUT2D eigenvalue weighted by Gasteiger charge is 2.54. The van der Waals surface area contributed by atoms with Crippen LogP contribution in [0.1, 0.15) is 27.2 Å². The van der Waals surface area contributed by atoms with E-state index < -0.39 is 36.0 Å². The van der Waals surface area contributed by atoms with Crippen LogP contribution in [0.15, 0.2) is 0 Å². The second-order valence-corrected chi connectivity index (χ2v) is 6.03. The van der Waals surface area contributed by atoms with Crippen molar-refractivity contribution >= 4 is 18.2 Å². The Morgan fingerprint density at radius 3 is 2.36 bits per heavy atom. The summed E-state index contributed by atoms with van der Waals surface area (Å²) < 4.78 is 21.7. The van der Waals surface area contributed by atoms with Gasteiger partial charge in [-0.25, -0.2) is 14.4 Å². The van der Waals surface area contributed by atoms with Gasteiger partial charge in [0.05, 0.1) is 26.4 Å². The van der Waals surface area contributed by atoms with Crippen molar-refractivity contribution in [3.8, 4) is 0 Å². The molecule has 1 rings (SSSR count). The van der Waals surface area contributed by atoms with E-state index in [0.717, 1.165) is 0 Å². The molecule has 0 unspecified atom stereocenters. The van der Waals surface area contributed by atoms with Crippen LogP contribution < -0.4 is 5.32 Å². The minimum absolute atomic E-state index is 0.0392. The number of hydrogen-bond acceptors (Lipinski definition) is 5. The van der Waals surface area contributed by atoms with Gasteiger partial charge in [0.25, 0.3) is 0 Å². The van der Waals surface area contributed by atoms with Crippen molar-refractivity contribution in [1.29, 1.82) is 0 Å². The van der Waals surface area contributed by atoms with Gasteiger partial charge in [0.1, 0.15) is 5.60 Å². The number of likely N-dealkylation sites (tertiary alicyclic amines) is 1. The smallest absolute Gasteiger partial charge is 0.410 e. The molecule has 126 valence electrons. The van der Waals surface area contributed by atoms with Crippen LogP contribution in [-0.4, -0.2) is 65.7 Å². The molecule has 0 aromatic rings. The second-order valence-electron chi connectivity index (χ2n) is 6.03. The number of carboxylic acids is 1. The van der Waals surface area contributed by atoms with Crippen molar-refractivity contribution in [2.24, 2.45) is 0 Å². The third kappa shape index (κ3) is 4.74. The number of amides is 2. The van der Waals surface area contributed by atoms with E-state index in [-0.39, 0.29) is 26.1 Å². The highest BCUT2D eigenvalue weighted by Crippen LogP contribution is 2.24. The summed E-state index contributed by atoms with van der Waals surface area (Å²) in [6.45, 7) is 3.84. The Morgan fingerprint density at radius 1 is 1.32 bits per heavy atom. The number of halogens is 1. The van der Waals surface area contributed by atoms with Crippen LogP contribution in [0.4, 0.5) is 14.0 Å². The minimum Gasteiger partial charge on any atom is -0.479 e. The van der Waals surface area contributed by atoms with Crippen molar-refractivity contribution in [3.63, 3.8) is 0 Å². The van der Waals surface area contributed by atoms with Crippen molar-refractivity contribution < 1.29 is 33.4 Å². The highest BCUT2D eigenvalue weighted by molar-refractivity contribution is 5.88. The van der Waals surface area contributed by atoms with Gasteiger partial charge in [-0.2, -0.15) is 0 Å². The van der Waals surface area contributed by atoms with Gasteiger partial charge in [-0.15, -0.1) is 0 Å². The zero-order valence-electron chi connectivity index (χ0n) is 12.8. The number of carboxylic acid groups (broad SMARTS) is 1. The number of rotatable bonds is 5. The Hall–Kier alpha value is -2.06. The normalized spacial score (nSPS) is 16.5. The molecule has 2 N–H and O–H groups in total. The molecule has 1 fully saturated rings. The Bertz CT molecular complexity index is 442. The molecule has 2 amide bonds. The maximum Gasteiger partial charge on any atom is 0.410 e. The maximum atomic E-state index is 11.9. The lowest BCUT2D eigenvalue weighted by Gasteiger charge is -2.46. The number of hydrogen-bond donors (Lipinski definition) is 2. The summed E-state index contributed by atoms with van der Waals surface area (Å²) in [6, 6.07) is 0. The van der Waals surface area contributed by atoms with Gasteiger partial charge in [-0.3, -0.25) is 4.39 Å². The van der Waals surface area contributed by atoms with Gasteiger partial charge < -0.3 is 24.8 Å². The Balaban J connectivity index is 2.54. The molecule has 1 heterocycles. The van der Waals surface area contributed by atoms with Crippen molar-refractivity contribution in [2.45, 2.75) is 38.3 Å². The van der Waals surface area contributed by atoms with Gasteiger partial charge >= 0.3 is 18.2 Å². The highest BCUT2D eigenvalue weighted by atomic mass is 19.1. The molecule has 1 aliphatic heterocycles. The number of carbonyl (C=O) groups excluding carboxylic acids is 2. The van der Waals surface area contributed by atoms with Crippen molar-refractivity contribution in [1.82, 2.24) is 10.2 Å².